The molecule has 1 heteroatoms. The first-order chi connectivity index (χ1) is 7.14. The Labute approximate surface area is 103 Å². The minimum atomic E-state index is -0.0233. The van der Waals surface area contributed by atoms with E-state index in [4.69, 9.17) is 0 Å². The Morgan fingerprint density at radius 2 is 1.56 bits per heavy atom. The van der Waals surface area contributed by atoms with Gasteiger partial charge in [-0.05, 0) is 22.4 Å². The number of hydrogen-bond donors (Lipinski definition) is 0. The van der Waals surface area contributed by atoms with Crippen molar-refractivity contribution in [2.75, 3.05) is 0 Å². The maximum atomic E-state index is 2.43. The van der Waals surface area contributed by atoms with Crippen LogP contribution in [0.1, 0.15) is 54.9 Å². The van der Waals surface area contributed by atoms with E-state index in [0.29, 0.717) is 10.3 Å². The molecule has 1 aliphatic carbocycles. The van der Waals surface area contributed by atoms with Crippen LogP contribution in [0, 0.1) is 0 Å². The van der Waals surface area contributed by atoms with Crippen LogP contribution in [0.4, 0.5) is 0 Å². The average Bonchev–Trinajstić information content (AvgIpc) is 2.48. The van der Waals surface area contributed by atoms with Gasteiger partial charge in [0.2, 0.25) is 0 Å². The first-order valence-electron chi connectivity index (χ1n) is 6.29. The molecule has 0 nitrogen and oxygen atoms in total. The summed E-state index contributed by atoms with van der Waals surface area (Å²) in [5, 5.41) is 0.854. The van der Waals surface area contributed by atoms with Crippen LogP contribution >= 0.6 is 7.92 Å². The number of rotatable bonds is 2. The average molecular weight is 238 g/mol. The highest BCUT2D eigenvalue weighted by Crippen LogP contribution is 2.64. The number of allylic oxidation sites excluding steroid dienone is 4. The predicted octanol–water partition coefficient (Wildman–Crippen LogP) is 5.34. The second-order valence-corrected chi connectivity index (χ2v) is 11.0. The summed E-state index contributed by atoms with van der Waals surface area (Å²) in [4.78, 5) is 0. The lowest BCUT2D eigenvalue weighted by atomic mass is 10.2. The van der Waals surface area contributed by atoms with Crippen LogP contribution in [0.25, 0.3) is 0 Å². The maximum absolute atomic E-state index is 2.43. The second-order valence-electron chi connectivity index (χ2n) is 6.76. The molecule has 0 saturated heterocycles. The Kier molecular flexibility index (Phi) is 4.06. The van der Waals surface area contributed by atoms with Crippen molar-refractivity contribution in [3.05, 3.63) is 23.8 Å². The maximum Gasteiger partial charge on any atom is -0.00121 e. The minimum Gasteiger partial charge on any atom is -0.0885 e. The van der Waals surface area contributed by atoms with Gasteiger partial charge < -0.3 is 0 Å². The minimum absolute atomic E-state index is 0.0233. The largest absolute Gasteiger partial charge is 0.0885 e. The zero-order chi connectivity index (χ0) is 12.6. The fourth-order valence-electron chi connectivity index (χ4n) is 3.11. The molecule has 0 radical (unpaired) electrons. The highest BCUT2D eigenvalue weighted by molar-refractivity contribution is 7.61. The van der Waals surface area contributed by atoms with Gasteiger partial charge in [-0.15, -0.1) is 0 Å². The molecule has 0 aromatic heterocycles. The summed E-state index contributed by atoms with van der Waals surface area (Å²) in [7, 11) is -0.0233. The molecule has 0 amide bonds. The predicted molar refractivity (Wildman–Crippen MR) is 77.7 cm³/mol. The first kappa shape index (κ1) is 14.0. The SMILES string of the molecule is CC(C1=CC=CC1)P(C(C)(C)C)C(C)(C)C. The van der Waals surface area contributed by atoms with Crippen LogP contribution in [-0.4, -0.2) is 16.0 Å². The molecule has 16 heavy (non-hydrogen) atoms. The van der Waals surface area contributed by atoms with Gasteiger partial charge in [0.1, 0.15) is 0 Å². The summed E-state index contributed by atoms with van der Waals surface area (Å²) in [6.07, 6.45) is 8.00. The monoisotopic (exact) mass is 238 g/mol. The quantitative estimate of drug-likeness (QED) is 0.570. The van der Waals surface area contributed by atoms with Gasteiger partial charge in [0.25, 0.3) is 0 Å². The van der Waals surface area contributed by atoms with Crippen molar-refractivity contribution in [3.63, 3.8) is 0 Å². The van der Waals surface area contributed by atoms with Gasteiger partial charge in [-0.2, -0.15) is 0 Å². The van der Waals surface area contributed by atoms with Crippen molar-refractivity contribution in [2.45, 2.75) is 70.9 Å². The Balaban J connectivity index is 2.94. The Bertz CT molecular complexity index is 282. The molecule has 0 fully saturated rings. The molecule has 0 aromatic rings. The van der Waals surface area contributed by atoms with Gasteiger partial charge in [0.15, 0.2) is 0 Å². The van der Waals surface area contributed by atoms with E-state index < -0.39 is 0 Å². The zero-order valence-electron chi connectivity index (χ0n) is 12.0. The molecule has 92 valence electrons. The van der Waals surface area contributed by atoms with E-state index >= 15 is 0 Å². The van der Waals surface area contributed by atoms with Crippen LogP contribution in [-0.2, 0) is 0 Å². The lowest BCUT2D eigenvalue weighted by molar-refractivity contribution is 0.693. The summed E-state index contributed by atoms with van der Waals surface area (Å²) in [5.74, 6) is 0. The van der Waals surface area contributed by atoms with Gasteiger partial charge in [-0.1, -0.05) is 80.2 Å². The summed E-state index contributed by atoms with van der Waals surface area (Å²) >= 11 is 0. The van der Waals surface area contributed by atoms with Crippen molar-refractivity contribution in [3.8, 4) is 0 Å². The standard InChI is InChI=1S/C15H27P/c1-12(13-10-8-9-11-13)16(14(2,3)4)15(5,6)7/h8-10,12H,11H2,1-7H3. The van der Waals surface area contributed by atoms with Gasteiger partial charge in [-0.25, -0.2) is 0 Å². The molecule has 1 aliphatic rings. The zero-order valence-corrected chi connectivity index (χ0v) is 12.9. The summed E-state index contributed by atoms with van der Waals surface area (Å²) < 4.78 is 0. The number of hydrogen-bond acceptors (Lipinski definition) is 0. The molecule has 0 aromatic carbocycles. The molecule has 0 spiro atoms. The van der Waals surface area contributed by atoms with Crippen molar-refractivity contribution in [1.82, 2.24) is 0 Å². The Hall–Kier alpha value is -0.0900. The molecule has 1 unspecified atom stereocenters. The van der Waals surface area contributed by atoms with Crippen LogP contribution in [0.5, 0.6) is 0 Å². The fourth-order valence-corrected chi connectivity index (χ4v) is 7.97. The summed E-state index contributed by atoms with van der Waals surface area (Å²) in [6.45, 7) is 16.9. The normalized spacial score (nSPS) is 19.1. The van der Waals surface area contributed by atoms with Crippen LogP contribution < -0.4 is 0 Å². The van der Waals surface area contributed by atoms with Gasteiger partial charge in [-0.3, -0.25) is 0 Å². The Morgan fingerprint density at radius 3 is 1.88 bits per heavy atom. The van der Waals surface area contributed by atoms with E-state index in [1.165, 1.54) is 6.42 Å². The molecular weight excluding hydrogens is 211 g/mol. The van der Waals surface area contributed by atoms with E-state index in [1.54, 1.807) is 5.57 Å². The summed E-state index contributed by atoms with van der Waals surface area (Å²) in [6, 6.07) is 0. The van der Waals surface area contributed by atoms with Gasteiger partial charge >= 0.3 is 0 Å². The first-order valence-corrected chi connectivity index (χ1v) is 7.70. The highest BCUT2D eigenvalue weighted by Gasteiger charge is 2.38. The molecular formula is C15H27P. The van der Waals surface area contributed by atoms with Crippen molar-refractivity contribution >= 4 is 7.92 Å². The summed E-state index contributed by atoms with van der Waals surface area (Å²) in [5.41, 5.74) is 2.38. The van der Waals surface area contributed by atoms with Gasteiger partial charge in [0, 0.05) is 0 Å². The lowest BCUT2D eigenvalue weighted by Crippen LogP contribution is -2.31. The topological polar surface area (TPSA) is 0 Å². The molecule has 1 rings (SSSR count). The molecule has 0 aliphatic heterocycles. The molecule has 1 atom stereocenters. The Morgan fingerprint density at radius 1 is 1.06 bits per heavy atom. The van der Waals surface area contributed by atoms with E-state index in [2.05, 4.69) is 66.7 Å². The second kappa shape index (κ2) is 4.65. The van der Waals surface area contributed by atoms with Crippen molar-refractivity contribution < 1.29 is 0 Å². The molecule has 0 bridgehead atoms. The van der Waals surface area contributed by atoms with Crippen LogP contribution in [0.15, 0.2) is 23.8 Å². The van der Waals surface area contributed by atoms with Crippen LogP contribution in [0.2, 0.25) is 0 Å². The molecule has 0 heterocycles. The molecule has 0 N–H and O–H groups in total. The van der Waals surface area contributed by atoms with Crippen molar-refractivity contribution in [2.24, 2.45) is 0 Å². The van der Waals surface area contributed by atoms with E-state index in [-0.39, 0.29) is 7.92 Å². The smallest absolute Gasteiger partial charge is 0.00121 e. The molecule has 0 saturated carbocycles. The van der Waals surface area contributed by atoms with E-state index in [9.17, 15) is 0 Å². The fraction of sp³-hybridized carbons (Fsp3) is 0.733. The van der Waals surface area contributed by atoms with Crippen molar-refractivity contribution in [1.29, 1.82) is 0 Å². The van der Waals surface area contributed by atoms with E-state index in [0.717, 1.165) is 5.66 Å². The van der Waals surface area contributed by atoms with E-state index in [1.807, 2.05) is 0 Å². The third-order valence-electron chi connectivity index (χ3n) is 3.17. The van der Waals surface area contributed by atoms with Crippen LogP contribution in [0.3, 0.4) is 0 Å². The third-order valence-corrected chi connectivity index (χ3v) is 7.17. The highest BCUT2D eigenvalue weighted by atomic mass is 31.1. The van der Waals surface area contributed by atoms with Gasteiger partial charge in [0.05, 0.1) is 0 Å². The lowest BCUT2D eigenvalue weighted by Gasteiger charge is -2.46. The third kappa shape index (κ3) is 3.20.